The third-order valence-corrected chi connectivity index (χ3v) is 27.2. The molecule has 0 radical (unpaired) electrons. The summed E-state index contributed by atoms with van der Waals surface area (Å²) in [4.78, 5) is 13.2. The van der Waals surface area contributed by atoms with Gasteiger partial charge in [0.15, 0.2) is 16.9 Å². The Bertz CT molecular complexity index is 3110. The van der Waals surface area contributed by atoms with Crippen LogP contribution in [0.15, 0.2) is 77.4 Å². The number of carbonyl (C=O) groups excluding carboxylic acids is 1. The van der Waals surface area contributed by atoms with E-state index in [1.54, 1.807) is 36.1 Å². The minimum atomic E-state index is -2.51. The van der Waals surface area contributed by atoms with E-state index in [-0.39, 0.29) is 79.4 Å². The molecule has 17 heteroatoms. The van der Waals surface area contributed by atoms with Crippen LogP contribution in [-0.2, 0) is 27.1 Å². The summed E-state index contributed by atoms with van der Waals surface area (Å²) in [6.45, 7) is 4.32. The number of benzene rings is 3. The maximum atomic E-state index is 14.0. The molecule has 5 bridgehead atoms. The highest BCUT2D eigenvalue weighted by Crippen LogP contribution is 2.71. The number of nitrogens with one attached hydrogen (secondary N) is 2. The second-order valence-corrected chi connectivity index (χ2v) is 31.0. The average molecular weight is 1220 g/mol. The summed E-state index contributed by atoms with van der Waals surface area (Å²) in [5.74, 6) is -0.935. The van der Waals surface area contributed by atoms with Crippen molar-refractivity contribution < 1.29 is 63.9 Å². The first-order valence-electron chi connectivity index (χ1n) is 32.8. The van der Waals surface area contributed by atoms with Gasteiger partial charge in [-0.1, -0.05) is 96.0 Å². The molecule has 2 saturated heterocycles. The Morgan fingerprint density at radius 2 is 1.73 bits per heavy atom. The molecular formula is C69H94N2O13S2. The lowest BCUT2D eigenvalue weighted by atomic mass is 9.50. The number of esters is 1. The molecule has 20 atom stereocenters. The number of hydrogen-bond donors (Lipinski definition) is 9. The quantitative estimate of drug-likeness (QED) is 0.0387. The van der Waals surface area contributed by atoms with Crippen molar-refractivity contribution in [1.29, 1.82) is 0 Å². The summed E-state index contributed by atoms with van der Waals surface area (Å²) in [7, 11) is 5.57. The zero-order valence-electron chi connectivity index (χ0n) is 50.6. The standard InChI is InChI=1S/C69H94N2O13S2/c1-4-80-57(75)21-17-46-34-47-24-30-81-59(47)61-60(46)83-63-69(79)58-49(16-19-53(73)51(58)39-72)37-67(78,62(69)76)68(84-63)40-85-86-66(55(71-29-31-82-61)20-12-41(2)8-7-11-56(68)74)28-27-64(36-48-15-18-52(70-3)50(48)38-64)54(66)23-26-65(77)25-22-43(35-65)32-42-13-14-44-9-5-6-10-45(44)33-42/h5-6,9-10,13-14,16,19,24,30,33-34,41,43,48-56,58,62-63,70-74,76-79H,4,7-8,11-12,15,17-18,20-23,25-29,31-32,35-40H2,1-3H3/t41-,43-,48+,49+,50+,51-,52+,53+,54-,55-,56+,58-,62+,63-,64-,65-,66+,67+,68-,69-/m1/s1. The van der Waals surface area contributed by atoms with Crippen LogP contribution in [0.1, 0.15) is 141 Å². The van der Waals surface area contributed by atoms with E-state index in [1.165, 1.54) is 29.2 Å². The van der Waals surface area contributed by atoms with Gasteiger partial charge in [-0.05, 0) is 198 Å². The Morgan fingerprint density at radius 1 is 0.884 bits per heavy atom. The molecule has 4 aromatic rings. The van der Waals surface area contributed by atoms with Crippen LogP contribution in [0.4, 0.5) is 0 Å². The number of rotatable bonds is 11. The molecule has 6 aliphatic carbocycles. The highest BCUT2D eigenvalue weighted by molar-refractivity contribution is 8.77. The van der Waals surface area contributed by atoms with Crippen molar-refractivity contribution in [2.45, 2.75) is 206 Å². The molecule has 15 nitrogen and oxygen atoms in total. The van der Waals surface area contributed by atoms with Gasteiger partial charge in [0.05, 0.1) is 30.7 Å². The van der Waals surface area contributed by atoms with Gasteiger partial charge >= 0.3 is 5.97 Å². The number of fused-ring (bicyclic) bond motifs is 13. The maximum Gasteiger partial charge on any atom is 0.306 e. The molecule has 86 heavy (non-hydrogen) atoms. The van der Waals surface area contributed by atoms with Crippen molar-refractivity contribution in [3.05, 3.63) is 84.1 Å². The van der Waals surface area contributed by atoms with Crippen LogP contribution in [0.25, 0.3) is 21.7 Å². The molecule has 5 saturated carbocycles. The van der Waals surface area contributed by atoms with Gasteiger partial charge in [0.25, 0.3) is 0 Å². The Hall–Kier alpha value is -3.43. The Kier molecular flexibility index (Phi) is 17.4. The Labute approximate surface area is 514 Å². The van der Waals surface area contributed by atoms with E-state index in [0.29, 0.717) is 59.7 Å². The monoisotopic (exact) mass is 1220 g/mol. The smallest absolute Gasteiger partial charge is 0.306 e. The first-order valence-corrected chi connectivity index (χ1v) is 35.2. The molecule has 7 fully saturated rings. The summed E-state index contributed by atoms with van der Waals surface area (Å²) in [6, 6.07) is 19.4. The van der Waals surface area contributed by atoms with Gasteiger partial charge in [0.2, 0.25) is 12.0 Å². The molecular weight excluding hydrogens is 1130 g/mol. The topological polar surface area (TPSA) is 233 Å². The Balaban J connectivity index is 0.931. The fourth-order valence-electron chi connectivity index (χ4n) is 19.6. The number of carbonyl (C=O) groups is 1. The lowest BCUT2D eigenvalue weighted by Crippen LogP contribution is -2.86. The largest absolute Gasteiger partial charge is 0.485 e. The fourth-order valence-corrected chi connectivity index (χ4v) is 23.8. The number of aliphatic hydroxyl groups excluding tert-OH is 4. The van der Waals surface area contributed by atoms with Crippen molar-refractivity contribution in [2.24, 2.45) is 52.8 Å². The molecule has 0 amide bonds. The van der Waals surface area contributed by atoms with Gasteiger partial charge in [-0.25, -0.2) is 0 Å². The summed E-state index contributed by atoms with van der Waals surface area (Å²) >= 11 is 0. The molecule has 9 aliphatic rings. The van der Waals surface area contributed by atoms with Crippen LogP contribution < -0.4 is 20.1 Å². The lowest BCUT2D eigenvalue weighted by Gasteiger charge is -2.67. The van der Waals surface area contributed by atoms with E-state index in [2.05, 4.69) is 67.1 Å². The molecule has 0 unspecified atom stereocenters. The van der Waals surface area contributed by atoms with Crippen molar-refractivity contribution >= 4 is 49.3 Å². The predicted octanol–water partition coefficient (Wildman–Crippen LogP) is 9.34. The van der Waals surface area contributed by atoms with Crippen LogP contribution in [0, 0.1) is 52.8 Å². The number of ether oxygens (including phenoxy) is 4. The van der Waals surface area contributed by atoms with Gasteiger partial charge in [0.1, 0.15) is 23.9 Å². The molecule has 470 valence electrons. The highest BCUT2D eigenvalue weighted by atomic mass is 33.1. The van der Waals surface area contributed by atoms with E-state index >= 15 is 0 Å². The summed E-state index contributed by atoms with van der Waals surface area (Å²) in [5, 5.41) is 101. The maximum absolute atomic E-state index is 14.0. The first-order chi connectivity index (χ1) is 41.5. The number of allylic oxidation sites excluding steroid dienone is 1. The summed E-state index contributed by atoms with van der Waals surface area (Å²) in [6.07, 6.45) is 13.5. The average Bonchev–Trinajstić information content (AvgIpc) is 1.17. The van der Waals surface area contributed by atoms with Gasteiger partial charge < -0.3 is 69.7 Å². The lowest BCUT2D eigenvalue weighted by molar-refractivity contribution is -0.424. The molecule has 3 spiro atoms. The zero-order valence-corrected chi connectivity index (χ0v) is 52.2. The summed E-state index contributed by atoms with van der Waals surface area (Å²) < 4.78 is 32.9. The minimum absolute atomic E-state index is 0.00243. The minimum Gasteiger partial charge on any atom is -0.485 e. The van der Waals surface area contributed by atoms with Crippen molar-refractivity contribution in [1.82, 2.24) is 10.6 Å². The van der Waals surface area contributed by atoms with Gasteiger partial charge in [-0.2, -0.15) is 0 Å². The van der Waals surface area contributed by atoms with Crippen LogP contribution in [0.3, 0.4) is 0 Å². The van der Waals surface area contributed by atoms with E-state index < -0.39 is 82.1 Å². The van der Waals surface area contributed by atoms with E-state index in [9.17, 15) is 40.5 Å². The van der Waals surface area contributed by atoms with Crippen LogP contribution in [0.2, 0.25) is 0 Å². The van der Waals surface area contributed by atoms with E-state index in [4.69, 9.17) is 23.4 Å². The third-order valence-electron chi connectivity index (χ3n) is 23.8. The molecule has 9 N–H and O–H groups in total. The SMILES string of the molecule is CCOC(=O)CCc1cc2ccoc2c2c1O[C@@H]1O[C@@]3(CSS[C@]4(CC[C@]5(C[C@@H]6CC[C@H](NC)[C@H]6C5)[C@H]4CC[C@]4(O)CC[C@H](Cc5ccc6ccccc6c5)C4)[C@@H](CC[C@H](C)CCC[C@@H]3O)NCCO2)[C@]2(O)C[C@@H]3C=C[C@H](O)[C@@H](CO)[C@@H]3[C@@]1(O)[C@H]2O. The van der Waals surface area contributed by atoms with E-state index in [1.807, 2.05) is 22.9 Å². The number of hydrogen-bond acceptors (Lipinski definition) is 17. The Morgan fingerprint density at radius 3 is 2.56 bits per heavy atom. The highest BCUT2D eigenvalue weighted by Gasteiger charge is 2.78. The zero-order chi connectivity index (χ0) is 59.8. The second kappa shape index (κ2) is 24.3. The molecule has 3 aromatic carbocycles. The second-order valence-electron chi connectivity index (χ2n) is 28.4. The summed E-state index contributed by atoms with van der Waals surface area (Å²) in [5.41, 5.74) is -5.40. The molecule has 13 rings (SSSR count). The first kappa shape index (κ1) is 61.4. The van der Waals surface area contributed by atoms with Gasteiger partial charge in [-0.15, -0.1) is 0 Å². The number of aliphatic hydroxyl groups is 7. The molecule has 1 aromatic heterocycles. The van der Waals surface area contributed by atoms with E-state index in [0.717, 1.165) is 77.0 Å². The van der Waals surface area contributed by atoms with Gasteiger partial charge in [0, 0.05) is 59.4 Å². The number of aryl methyl sites for hydroxylation is 1. The van der Waals surface area contributed by atoms with Crippen LogP contribution in [0.5, 0.6) is 11.5 Å². The fraction of sp³-hybridized carbons (Fsp3) is 0.696. The van der Waals surface area contributed by atoms with Crippen molar-refractivity contribution in [2.75, 3.05) is 39.2 Å². The third kappa shape index (κ3) is 10.6. The van der Waals surface area contributed by atoms with Crippen LogP contribution in [-0.4, -0.2) is 145 Å². The predicted molar refractivity (Wildman–Crippen MR) is 334 cm³/mol. The normalized spacial score (nSPS) is 42.3. The van der Waals surface area contributed by atoms with Gasteiger partial charge in [-0.3, -0.25) is 4.79 Å². The number of furan rings is 1. The molecule has 3 aliphatic heterocycles. The van der Waals surface area contributed by atoms with Crippen molar-refractivity contribution in [3.63, 3.8) is 0 Å². The van der Waals surface area contributed by atoms with Crippen molar-refractivity contribution in [3.8, 4) is 11.5 Å². The molecule has 4 heterocycles. The van der Waals surface area contributed by atoms with Crippen LogP contribution >= 0.6 is 21.6 Å².